The average Bonchev–Trinajstić information content (AvgIpc) is 3.19. The Morgan fingerprint density at radius 3 is 2.66 bits per heavy atom. The van der Waals surface area contributed by atoms with Crippen LogP contribution in [-0.4, -0.2) is 45.9 Å². The summed E-state index contributed by atoms with van der Waals surface area (Å²) in [5.74, 6) is -0.163. The first kappa shape index (κ1) is 21.6. The molecule has 4 aromatic rings. The first-order valence-corrected chi connectivity index (χ1v) is 10.5. The summed E-state index contributed by atoms with van der Waals surface area (Å²) < 4.78 is 3.15. The van der Waals surface area contributed by atoms with Gasteiger partial charge in [-0.2, -0.15) is 5.10 Å². The zero-order valence-corrected chi connectivity index (χ0v) is 18.6. The lowest BCUT2D eigenvalue weighted by Gasteiger charge is -2.12. The van der Waals surface area contributed by atoms with Gasteiger partial charge in [-0.05, 0) is 42.0 Å². The van der Waals surface area contributed by atoms with Crippen LogP contribution in [-0.2, 0) is 13.1 Å². The van der Waals surface area contributed by atoms with Gasteiger partial charge in [-0.3, -0.25) is 14.2 Å². The van der Waals surface area contributed by atoms with Gasteiger partial charge in [-0.1, -0.05) is 23.7 Å². The summed E-state index contributed by atoms with van der Waals surface area (Å²) in [5.41, 5.74) is 2.84. The summed E-state index contributed by atoms with van der Waals surface area (Å²) in [6, 6.07) is 14.7. The number of halogens is 1. The number of carbonyl (C=O) groups is 1. The smallest absolute Gasteiger partial charge is 0.264 e. The predicted octanol–water partition coefficient (Wildman–Crippen LogP) is 2.79. The maximum absolute atomic E-state index is 12.8. The lowest BCUT2D eigenvalue weighted by atomic mass is 10.2. The number of carbonyl (C=O) groups excluding carboxylic acids is 1. The fraction of sp³-hybridized carbons (Fsp3) is 0.217. The topological polar surface area (TPSA) is 85.0 Å². The van der Waals surface area contributed by atoms with Crippen molar-refractivity contribution in [2.24, 2.45) is 0 Å². The molecule has 32 heavy (non-hydrogen) atoms. The SMILES string of the molecule is CN(C)c1ccc(C(=O)NCCn2ncc3c(=O)n(Cc4cccc(Cl)c4)cnc32)cc1. The van der Waals surface area contributed by atoms with E-state index in [2.05, 4.69) is 15.4 Å². The maximum Gasteiger partial charge on any atom is 0.264 e. The molecule has 2 aromatic carbocycles. The summed E-state index contributed by atoms with van der Waals surface area (Å²) in [6.45, 7) is 1.13. The molecule has 0 spiro atoms. The predicted molar refractivity (Wildman–Crippen MR) is 125 cm³/mol. The number of hydrogen-bond acceptors (Lipinski definition) is 5. The van der Waals surface area contributed by atoms with Gasteiger partial charge in [0.15, 0.2) is 5.65 Å². The Kier molecular flexibility index (Phi) is 6.23. The van der Waals surface area contributed by atoms with Crippen LogP contribution in [0, 0.1) is 0 Å². The van der Waals surface area contributed by atoms with Crippen LogP contribution >= 0.6 is 11.6 Å². The van der Waals surface area contributed by atoms with Crippen LogP contribution in [0.1, 0.15) is 15.9 Å². The van der Waals surface area contributed by atoms with Crippen molar-refractivity contribution in [2.45, 2.75) is 13.1 Å². The molecule has 0 radical (unpaired) electrons. The molecule has 0 fully saturated rings. The molecule has 0 aliphatic heterocycles. The first-order valence-electron chi connectivity index (χ1n) is 10.1. The van der Waals surface area contributed by atoms with E-state index in [0.29, 0.717) is 41.3 Å². The second-order valence-corrected chi connectivity index (χ2v) is 8.05. The van der Waals surface area contributed by atoms with Crippen LogP contribution in [0.4, 0.5) is 5.69 Å². The summed E-state index contributed by atoms with van der Waals surface area (Å²) in [7, 11) is 3.90. The molecular formula is C23H23ClN6O2. The lowest BCUT2D eigenvalue weighted by Crippen LogP contribution is -2.28. The molecule has 0 atom stereocenters. The molecule has 9 heteroatoms. The van der Waals surface area contributed by atoms with E-state index >= 15 is 0 Å². The molecule has 0 saturated heterocycles. The molecule has 0 bridgehead atoms. The fourth-order valence-corrected chi connectivity index (χ4v) is 3.61. The van der Waals surface area contributed by atoms with Crippen LogP contribution in [0.2, 0.25) is 5.02 Å². The van der Waals surface area contributed by atoms with E-state index in [0.717, 1.165) is 11.3 Å². The number of benzene rings is 2. The van der Waals surface area contributed by atoms with Crippen LogP contribution in [0.3, 0.4) is 0 Å². The van der Waals surface area contributed by atoms with E-state index < -0.39 is 0 Å². The third-order valence-electron chi connectivity index (χ3n) is 5.12. The van der Waals surface area contributed by atoms with Crippen molar-refractivity contribution >= 4 is 34.2 Å². The number of anilines is 1. The maximum atomic E-state index is 12.8. The molecule has 1 N–H and O–H groups in total. The van der Waals surface area contributed by atoms with E-state index in [-0.39, 0.29) is 11.5 Å². The average molecular weight is 451 g/mol. The number of nitrogens with zero attached hydrogens (tertiary/aromatic N) is 5. The molecular weight excluding hydrogens is 428 g/mol. The van der Waals surface area contributed by atoms with Gasteiger partial charge in [0.05, 0.1) is 19.3 Å². The number of nitrogens with one attached hydrogen (secondary N) is 1. The van der Waals surface area contributed by atoms with Gasteiger partial charge in [0.25, 0.3) is 11.5 Å². The Hall–Kier alpha value is -3.65. The Labute approximate surface area is 190 Å². The second-order valence-electron chi connectivity index (χ2n) is 7.61. The lowest BCUT2D eigenvalue weighted by molar-refractivity contribution is 0.0952. The van der Waals surface area contributed by atoms with Crippen molar-refractivity contribution in [3.05, 3.63) is 87.6 Å². The van der Waals surface area contributed by atoms with Crippen LogP contribution in [0.15, 0.2) is 65.8 Å². The van der Waals surface area contributed by atoms with E-state index in [4.69, 9.17) is 11.6 Å². The third-order valence-corrected chi connectivity index (χ3v) is 5.35. The summed E-state index contributed by atoms with van der Waals surface area (Å²) in [4.78, 5) is 31.6. The summed E-state index contributed by atoms with van der Waals surface area (Å²) in [5, 5.41) is 8.21. The molecule has 0 aliphatic carbocycles. The van der Waals surface area contributed by atoms with Gasteiger partial charge in [0.2, 0.25) is 0 Å². The van der Waals surface area contributed by atoms with E-state index in [1.807, 2.05) is 49.3 Å². The zero-order valence-electron chi connectivity index (χ0n) is 17.8. The fourth-order valence-electron chi connectivity index (χ4n) is 3.39. The minimum Gasteiger partial charge on any atom is -0.378 e. The van der Waals surface area contributed by atoms with Crippen LogP contribution in [0.5, 0.6) is 0 Å². The van der Waals surface area contributed by atoms with Gasteiger partial charge < -0.3 is 10.2 Å². The third kappa shape index (κ3) is 4.65. The van der Waals surface area contributed by atoms with Gasteiger partial charge >= 0.3 is 0 Å². The van der Waals surface area contributed by atoms with Crippen molar-refractivity contribution < 1.29 is 4.79 Å². The highest BCUT2D eigenvalue weighted by atomic mass is 35.5. The highest BCUT2D eigenvalue weighted by molar-refractivity contribution is 6.30. The Morgan fingerprint density at radius 1 is 1.16 bits per heavy atom. The number of aromatic nitrogens is 4. The Bertz CT molecular complexity index is 1310. The van der Waals surface area contributed by atoms with Gasteiger partial charge in [0.1, 0.15) is 11.7 Å². The molecule has 2 aromatic heterocycles. The van der Waals surface area contributed by atoms with Crippen molar-refractivity contribution in [3.8, 4) is 0 Å². The molecule has 4 rings (SSSR count). The molecule has 164 valence electrons. The molecule has 0 saturated carbocycles. The minimum atomic E-state index is -0.175. The van der Waals surface area contributed by atoms with E-state index in [1.165, 1.54) is 17.1 Å². The van der Waals surface area contributed by atoms with Gasteiger partial charge in [-0.25, -0.2) is 9.67 Å². The van der Waals surface area contributed by atoms with Crippen LogP contribution < -0.4 is 15.8 Å². The van der Waals surface area contributed by atoms with Crippen molar-refractivity contribution in [2.75, 3.05) is 25.5 Å². The quantitative estimate of drug-likeness (QED) is 0.468. The first-order chi connectivity index (χ1) is 15.4. The number of hydrogen-bond donors (Lipinski definition) is 1. The van der Waals surface area contributed by atoms with Gasteiger partial charge in [0, 0.05) is 36.9 Å². The number of amides is 1. The Balaban J connectivity index is 1.42. The molecule has 2 heterocycles. The summed E-state index contributed by atoms with van der Waals surface area (Å²) in [6.07, 6.45) is 3.02. The van der Waals surface area contributed by atoms with Crippen molar-refractivity contribution in [1.29, 1.82) is 0 Å². The standard InChI is InChI=1S/C23H23ClN6O2/c1-28(2)19-8-6-17(7-9-19)22(31)25-10-11-30-21-20(13-27-30)23(32)29(15-26-21)14-16-4-3-5-18(24)12-16/h3-9,12-13,15H,10-11,14H2,1-2H3,(H,25,31). The van der Waals surface area contributed by atoms with Crippen LogP contribution in [0.25, 0.3) is 11.0 Å². The number of fused-ring (bicyclic) bond motifs is 1. The largest absolute Gasteiger partial charge is 0.378 e. The molecule has 0 aliphatic rings. The molecule has 1 amide bonds. The normalized spacial score (nSPS) is 11.0. The van der Waals surface area contributed by atoms with Crippen molar-refractivity contribution in [3.63, 3.8) is 0 Å². The van der Waals surface area contributed by atoms with Crippen molar-refractivity contribution in [1.82, 2.24) is 24.6 Å². The minimum absolute atomic E-state index is 0.163. The van der Waals surface area contributed by atoms with E-state index in [9.17, 15) is 9.59 Å². The molecule has 8 nitrogen and oxygen atoms in total. The highest BCUT2D eigenvalue weighted by Crippen LogP contribution is 2.13. The molecule has 0 unspecified atom stereocenters. The Morgan fingerprint density at radius 2 is 1.94 bits per heavy atom. The van der Waals surface area contributed by atoms with E-state index in [1.54, 1.807) is 22.9 Å². The second kappa shape index (κ2) is 9.23. The monoisotopic (exact) mass is 450 g/mol. The number of rotatable bonds is 7. The van der Waals surface area contributed by atoms with Gasteiger partial charge in [-0.15, -0.1) is 0 Å². The summed E-state index contributed by atoms with van der Waals surface area (Å²) >= 11 is 6.03. The highest BCUT2D eigenvalue weighted by Gasteiger charge is 2.11. The zero-order chi connectivity index (χ0) is 22.7.